The van der Waals surface area contributed by atoms with Crippen LogP contribution in [0.15, 0.2) is 24.3 Å². The molecule has 22 heavy (non-hydrogen) atoms. The molecule has 0 aliphatic rings. The second kappa shape index (κ2) is 6.51. The van der Waals surface area contributed by atoms with Gasteiger partial charge in [0, 0.05) is 11.8 Å². The molecule has 1 aromatic carbocycles. The molecule has 116 valence electrons. The summed E-state index contributed by atoms with van der Waals surface area (Å²) in [7, 11) is 0. The molecule has 1 heterocycles. The van der Waals surface area contributed by atoms with Crippen molar-refractivity contribution in [2.75, 3.05) is 6.61 Å². The molecule has 2 rings (SSSR count). The first-order valence-electron chi connectivity index (χ1n) is 7.07. The number of aryl methyl sites for hydroxylation is 1. The number of fused-ring (bicyclic) bond motifs is 1. The number of carbonyl (C=O) groups excluding carboxylic acids is 1. The van der Waals surface area contributed by atoms with Crippen LogP contribution in [0.25, 0.3) is 10.9 Å². The van der Waals surface area contributed by atoms with Gasteiger partial charge in [0.15, 0.2) is 0 Å². The van der Waals surface area contributed by atoms with Crippen molar-refractivity contribution in [1.82, 2.24) is 4.98 Å². The zero-order valence-electron chi connectivity index (χ0n) is 12.8. The minimum absolute atomic E-state index is 0.0122. The Kier molecular flexibility index (Phi) is 4.70. The Morgan fingerprint density at radius 2 is 2.14 bits per heavy atom. The molecule has 2 aromatic rings. The van der Waals surface area contributed by atoms with Crippen LogP contribution in [0.5, 0.6) is 0 Å². The van der Waals surface area contributed by atoms with Crippen molar-refractivity contribution in [1.29, 1.82) is 0 Å². The number of nitro benzene ring substituents is 1. The van der Waals surface area contributed by atoms with Crippen molar-refractivity contribution in [2.45, 2.75) is 27.2 Å². The lowest BCUT2D eigenvalue weighted by atomic mass is 10.1. The number of hydrogen-bond donors (Lipinski definition) is 0. The molecular weight excluding hydrogens is 284 g/mol. The lowest BCUT2D eigenvalue weighted by Gasteiger charge is -2.09. The molecule has 0 amide bonds. The summed E-state index contributed by atoms with van der Waals surface area (Å²) in [6.45, 7) is 6.06. The van der Waals surface area contributed by atoms with Crippen LogP contribution in [0.4, 0.5) is 5.69 Å². The first-order chi connectivity index (χ1) is 10.4. The molecule has 0 aliphatic carbocycles. The maximum atomic E-state index is 11.8. The summed E-state index contributed by atoms with van der Waals surface area (Å²) >= 11 is 0. The number of esters is 1. The maximum Gasteiger partial charge on any atom is 0.310 e. The SMILES string of the molecule is Cc1nc2cccc([N+](=O)[O-])c2cc1CC(=O)OCC(C)C. The minimum atomic E-state index is -0.444. The van der Waals surface area contributed by atoms with E-state index in [1.165, 1.54) is 6.07 Å². The summed E-state index contributed by atoms with van der Waals surface area (Å²) in [5, 5.41) is 11.5. The number of benzene rings is 1. The summed E-state index contributed by atoms with van der Waals surface area (Å²) in [5.74, 6) is -0.0857. The van der Waals surface area contributed by atoms with Gasteiger partial charge in [-0.2, -0.15) is 0 Å². The van der Waals surface area contributed by atoms with Crippen molar-refractivity contribution in [3.63, 3.8) is 0 Å². The average Bonchev–Trinajstić information content (AvgIpc) is 2.45. The van der Waals surface area contributed by atoms with E-state index < -0.39 is 4.92 Å². The van der Waals surface area contributed by atoms with E-state index in [0.717, 1.165) is 0 Å². The van der Waals surface area contributed by atoms with Gasteiger partial charge in [0.25, 0.3) is 5.69 Å². The van der Waals surface area contributed by atoms with E-state index in [1.807, 2.05) is 13.8 Å². The van der Waals surface area contributed by atoms with Crippen LogP contribution in [0.3, 0.4) is 0 Å². The fourth-order valence-corrected chi connectivity index (χ4v) is 2.12. The topological polar surface area (TPSA) is 82.3 Å². The van der Waals surface area contributed by atoms with Crippen LogP contribution >= 0.6 is 0 Å². The normalized spacial score (nSPS) is 10.9. The second-order valence-corrected chi connectivity index (χ2v) is 5.59. The number of hydrogen-bond acceptors (Lipinski definition) is 5. The van der Waals surface area contributed by atoms with Gasteiger partial charge in [0.05, 0.1) is 28.9 Å². The largest absolute Gasteiger partial charge is 0.465 e. The van der Waals surface area contributed by atoms with Crippen LogP contribution in [-0.4, -0.2) is 22.5 Å². The van der Waals surface area contributed by atoms with Gasteiger partial charge in [0.2, 0.25) is 0 Å². The van der Waals surface area contributed by atoms with Gasteiger partial charge in [0.1, 0.15) is 0 Å². The van der Waals surface area contributed by atoms with Crippen LogP contribution in [-0.2, 0) is 16.0 Å². The van der Waals surface area contributed by atoms with Crippen molar-refractivity contribution in [3.05, 3.63) is 45.6 Å². The van der Waals surface area contributed by atoms with Crippen molar-refractivity contribution in [2.24, 2.45) is 5.92 Å². The first kappa shape index (κ1) is 15.9. The Morgan fingerprint density at radius 3 is 2.77 bits per heavy atom. The van der Waals surface area contributed by atoms with Gasteiger partial charge in [-0.05, 0) is 30.5 Å². The predicted molar refractivity (Wildman–Crippen MR) is 82.6 cm³/mol. The maximum absolute atomic E-state index is 11.8. The van der Waals surface area contributed by atoms with Gasteiger partial charge >= 0.3 is 5.97 Å². The number of carbonyl (C=O) groups is 1. The summed E-state index contributed by atoms with van der Waals surface area (Å²) < 4.78 is 5.15. The zero-order chi connectivity index (χ0) is 16.3. The third kappa shape index (κ3) is 3.58. The highest BCUT2D eigenvalue weighted by atomic mass is 16.6. The summed E-state index contributed by atoms with van der Waals surface area (Å²) in [4.78, 5) is 26.8. The molecule has 0 radical (unpaired) electrons. The molecule has 0 aliphatic heterocycles. The molecule has 0 unspecified atom stereocenters. The molecule has 1 aromatic heterocycles. The van der Waals surface area contributed by atoms with Crippen LogP contribution in [0, 0.1) is 23.0 Å². The van der Waals surface area contributed by atoms with E-state index in [-0.39, 0.29) is 24.0 Å². The highest BCUT2D eigenvalue weighted by molar-refractivity contribution is 5.89. The van der Waals surface area contributed by atoms with E-state index >= 15 is 0 Å². The molecule has 0 N–H and O–H groups in total. The molecular formula is C16H18N2O4. The molecule has 0 spiro atoms. The molecule has 0 saturated heterocycles. The first-order valence-corrected chi connectivity index (χ1v) is 7.07. The van der Waals surface area contributed by atoms with E-state index in [2.05, 4.69) is 4.98 Å². The van der Waals surface area contributed by atoms with Crippen molar-refractivity contribution in [3.8, 4) is 0 Å². The molecule has 6 nitrogen and oxygen atoms in total. The van der Waals surface area contributed by atoms with Crippen molar-refractivity contribution < 1.29 is 14.5 Å². The fraction of sp³-hybridized carbons (Fsp3) is 0.375. The monoisotopic (exact) mass is 302 g/mol. The Balaban J connectivity index is 2.34. The number of rotatable bonds is 5. The van der Waals surface area contributed by atoms with Crippen LogP contribution < -0.4 is 0 Å². The van der Waals surface area contributed by atoms with Gasteiger partial charge in [-0.25, -0.2) is 0 Å². The second-order valence-electron chi connectivity index (χ2n) is 5.59. The molecule has 0 fully saturated rings. The lowest BCUT2D eigenvalue weighted by molar-refractivity contribution is -0.383. The number of nitro groups is 1. The number of nitrogens with zero attached hydrogens (tertiary/aromatic N) is 2. The third-order valence-corrected chi connectivity index (χ3v) is 3.24. The standard InChI is InChI=1S/C16H18N2O4/c1-10(2)9-22-16(19)8-12-7-13-14(17-11(12)3)5-4-6-15(13)18(20)21/h4-7,10H,8-9H2,1-3H3. The van der Waals surface area contributed by atoms with Gasteiger partial charge in [-0.3, -0.25) is 19.9 Å². The van der Waals surface area contributed by atoms with Crippen LogP contribution in [0.2, 0.25) is 0 Å². The minimum Gasteiger partial charge on any atom is -0.465 e. The highest BCUT2D eigenvalue weighted by Gasteiger charge is 2.16. The zero-order valence-corrected chi connectivity index (χ0v) is 12.8. The Bertz CT molecular complexity index is 725. The Labute approximate surface area is 128 Å². The molecule has 6 heteroatoms. The third-order valence-electron chi connectivity index (χ3n) is 3.24. The van der Waals surface area contributed by atoms with Gasteiger partial charge < -0.3 is 4.74 Å². The summed E-state index contributed by atoms with van der Waals surface area (Å²) in [6.07, 6.45) is 0.0630. The van der Waals surface area contributed by atoms with Gasteiger partial charge in [-0.15, -0.1) is 0 Å². The lowest BCUT2D eigenvalue weighted by Crippen LogP contribution is -2.13. The summed E-state index contributed by atoms with van der Waals surface area (Å²) in [6, 6.07) is 6.41. The molecule has 0 atom stereocenters. The fourth-order valence-electron chi connectivity index (χ4n) is 2.12. The van der Waals surface area contributed by atoms with E-state index in [0.29, 0.717) is 28.8 Å². The van der Waals surface area contributed by atoms with E-state index in [4.69, 9.17) is 4.74 Å². The number of ether oxygens (including phenoxy) is 1. The number of non-ortho nitro benzene ring substituents is 1. The van der Waals surface area contributed by atoms with Gasteiger partial charge in [-0.1, -0.05) is 19.9 Å². The Morgan fingerprint density at radius 1 is 1.41 bits per heavy atom. The predicted octanol–water partition coefficient (Wildman–Crippen LogP) is 3.19. The smallest absolute Gasteiger partial charge is 0.310 e. The van der Waals surface area contributed by atoms with Crippen LogP contribution in [0.1, 0.15) is 25.1 Å². The molecule has 0 bridgehead atoms. The summed E-state index contributed by atoms with van der Waals surface area (Å²) in [5.41, 5.74) is 1.86. The average molecular weight is 302 g/mol. The number of aromatic nitrogens is 1. The highest BCUT2D eigenvalue weighted by Crippen LogP contribution is 2.26. The quantitative estimate of drug-likeness (QED) is 0.481. The van der Waals surface area contributed by atoms with E-state index in [9.17, 15) is 14.9 Å². The van der Waals surface area contributed by atoms with Crippen molar-refractivity contribution >= 4 is 22.6 Å². The number of pyridine rings is 1. The Hall–Kier alpha value is -2.50. The molecule has 0 saturated carbocycles. The van der Waals surface area contributed by atoms with E-state index in [1.54, 1.807) is 25.1 Å².